The highest BCUT2D eigenvalue weighted by Crippen LogP contribution is 2.31. The van der Waals surface area contributed by atoms with E-state index in [4.69, 9.17) is 0 Å². The summed E-state index contributed by atoms with van der Waals surface area (Å²) in [6.45, 7) is 2.89. The smallest absolute Gasteiger partial charge is 0.123 e. The summed E-state index contributed by atoms with van der Waals surface area (Å²) in [6.07, 6.45) is 0. The van der Waals surface area contributed by atoms with Crippen LogP contribution in [0.15, 0.2) is 40.2 Å². The van der Waals surface area contributed by atoms with Crippen molar-refractivity contribution in [3.63, 3.8) is 0 Å². The molecule has 2 rings (SSSR count). The first-order valence-electron chi connectivity index (χ1n) is 5.44. The van der Waals surface area contributed by atoms with E-state index in [-0.39, 0.29) is 11.9 Å². The van der Waals surface area contributed by atoms with E-state index in [9.17, 15) is 4.39 Å². The van der Waals surface area contributed by atoms with Crippen LogP contribution in [-0.4, -0.2) is 6.54 Å². The molecule has 1 heterocycles. The molecular formula is C13H13BrFNS. The molecule has 17 heavy (non-hydrogen) atoms. The number of benzene rings is 1. The van der Waals surface area contributed by atoms with Crippen LogP contribution in [0, 0.1) is 5.82 Å². The second-order valence-electron chi connectivity index (χ2n) is 3.69. The number of rotatable bonds is 4. The first kappa shape index (κ1) is 12.7. The highest BCUT2D eigenvalue weighted by Gasteiger charge is 2.15. The van der Waals surface area contributed by atoms with Crippen LogP contribution in [-0.2, 0) is 0 Å². The van der Waals surface area contributed by atoms with Crippen molar-refractivity contribution in [2.45, 2.75) is 13.0 Å². The maximum atomic E-state index is 13.3. The van der Waals surface area contributed by atoms with Crippen molar-refractivity contribution in [2.75, 3.05) is 6.54 Å². The summed E-state index contributed by atoms with van der Waals surface area (Å²) < 4.78 is 14.3. The van der Waals surface area contributed by atoms with Crippen LogP contribution in [0.2, 0.25) is 0 Å². The molecule has 1 N–H and O–H groups in total. The maximum absolute atomic E-state index is 13.3. The zero-order valence-corrected chi connectivity index (χ0v) is 11.8. The van der Waals surface area contributed by atoms with Crippen LogP contribution in [0.4, 0.5) is 4.39 Å². The predicted molar refractivity (Wildman–Crippen MR) is 73.9 cm³/mol. The van der Waals surface area contributed by atoms with E-state index in [1.54, 1.807) is 23.5 Å². The van der Waals surface area contributed by atoms with Gasteiger partial charge >= 0.3 is 0 Å². The van der Waals surface area contributed by atoms with E-state index in [1.165, 1.54) is 10.9 Å². The molecule has 0 saturated heterocycles. The number of hydrogen-bond donors (Lipinski definition) is 1. The summed E-state index contributed by atoms with van der Waals surface area (Å²) in [5.41, 5.74) is 0.959. The van der Waals surface area contributed by atoms with Crippen LogP contribution < -0.4 is 5.32 Å². The Balaban J connectivity index is 2.35. The molecule has 0 aliphatic heterocycles. The van der Waals surface area contributed by atoms with E-state index in [0.29, 0.717) is 0 Å². The largest absolute Gasteiger partial charge is 0.306 e. The molecule has 1 aromatic carbocycles. The molecular weight excluding hydrogens is 301 g/mol. The van der Waals surface area contributed by atoms with Crippen molar-refractivity contribution in [2.24, 2.45) is 0 Å². The Kier molecular flexibility index (Phi) is 4.31. The van der Waals surface area contributed by atoms with Crippen LogP contribution in [0.25, 0.3) is 0 Å². The lowest BCUT2D eigenvalue weighted by Gasteiger charge is -2.16. The second kappa shape index (κ2) is 5.76. The highest BCUT2D eigenvalue weighted by molar-refractivity contribution is 9.11. The molecule has 0 bridgehead atoms. The number of thiophene rings is 1. The zero-order valence-electron chi connectivity index (χ0n) is 9.41. The lowest BCUT2D eigenvalue weighted by Crippen LogP contribution is -2.21. The zero-order chi connectivity index (χ0) is 12.3. The number of hydrogen-bond acceptors (Lipinski definition) is 2. The lowest BCUT2D eigenvalue weighted by atomic mass is 10.1. The molecule has 0 aliphatic rings. The van der Waals surface area contributed by atoms with Gasteiger partial charge in [0, 0.05) is 4.88 Å². The van der Waals surface area contributed by atoms with Gasteiger partial charge in [0.25, 0.3) is 0 Å². The molecule has 0 radical (unpaired) electrons. The summed E-state index contributed by atoms with van der Waals surface area (Å²) in [7, 11) is 0. The normalized spacial score (nSPS) is 12.6. The fourth-order valence-corrected chi connectivity index (χ4v) is 3.28. The topological polar surface area (TPSA) is 12.0 Å². The van der Waals surface area contributed by atoms with Gasteiger partial charge < -0.3 is 5.32 Å². The van der Waals surface area contributed by atoms with Gasteiger partial charge in [0.15, 0.2) is 0 Å². The van der Waals surface area contributed by atoms with Gasteiger partial charge in [0.2, 0.25) is 0 Å². The monoisotopic (exact) mass is 313 g/mol. The SMILES string of the molecule is CCNC(c1cccc(F)c1)c1ccc(Br)s1. The molecule has 1 atom stereocenters. The number of halogens is 2. The lowest BCUT2D eigenvalue weighted by molar-refractivity contribution is 0.607. The van der Waals surface area contributed by atoms with Crippen LogP contribution in [0.3, 0.4) is 0 Å². The predicted octanol–water partition coefficient (Wildman–Crippen LogP) is 4.35. The Morgan fingerprint density at radius 2 is 2.18 bits per heavy atom. The highest BCUT2D eigenvalue weighted by atomic mass is 79.9. The summed E-state index contributed by atoms with van der Waals surface area (Å²) in [5, 5.41) is 3.38. The number of nitrogens with one attached hydrogen (secondary N) is 1. The average Bonchev–Trinajstić information content (AvgIpc) is 2.72. The molecule has 0 spiro atoms. The van der Waals surface area contributed by atoms with Gasteiger partial charge in [-0.15, -0.1) is 11.3 Å². The molecule has 1 nitrogen and oxygen atoms in total. The van der Waals surface area contributed by atoms with E-state index in [1.807, 2.05) is 12.1 Å². The minimum absolute atomic E-state index is 0.0620. The van der Waals surface area contributed by atoms with Crippen LogP contribution in [0.1, 0.15) is 23.4 Å². The van der Waals surface area contributed by atoms with Crippen LogP contribution >= 0.6 is 27.3 Å². The Morgan fingerprint density at radius 1 is 1.35 bits per heavy atom. The Hall–Kier alpha value is -0.710. The van der Waals surface area contributed by atoms with E-state index in [2.05, 4.69) is 34.2 Å². The molecule has 4 heteroatoms. The fraction of sp³-hybridized carbons (Fsp3) is 0.231. The maximum Gasteiger partial charge on any atom is 0.123 e. The standard InChI is InChI=1S/C13H13BrFNS/c1-2-16-13(11-6-7-12(14)17-11)9-4-3-5-10(15)8-9/h3-8,13,16H,2H2,1H3. The van der Waals surface area contributed by atoms with Gasteiger partial charge in [0.1, 0.15) is 5.82 Å². The third-order valence-corrected chi connectivity index (χ3v) is 4.16. The third kappa shape index (κ3) is 3.15. The minimum Gasteiger partial charge on any atom is -0.306 e. The van der Waals surface area contributed by atoms with Gasteiger partial charge in [0.05, 0.1) is 9.83 Å². The minimum atomic E-state index is -0.193. The van der Waals surface area contributed by atoms with E-state index >= 15 is 0 Å². The molecule has 0 saturated carbocycles. The summed E-state index contributed by atoms with van der Waals surface area (Å²) in [5.74, 6) is -0.193. The van der Waals surface area contributed by atoms with Crippen LogP contribution in [0.5, 0.6) is 0 Å². The Labute approximate surface area is 113 Å². The van der Waals surface area contributed by atoms with Gasteiger partial charge in [-0.3, -0.25) is 0 Å². The molecule has 0 aliphatic carbocycles. The molecule has 0 amide bonds. The quantitative estimate of drug-likeness (QED) is 0.885. The van der Waals surface area contributed by atoms with Crippen molar-refractivity contribution in [1.82, 2.24) is 5.32 Å². The van der Waals surface area contributed by atoms with Crippen molar-refractivity contribution < 1.29 is 4.39 Å². The summed E-state index contributed by atoms with van der Waals surface area (Å²) >= 11 is 5.12. The summed E-state index contributed by atoms with van der Waals surface area (Å²) in [4.78, 5) is 1.18. The van der Waals surface area contributed by atoms with Crippen molar-refractivity contribution in [3.8, 4) is 0 Å². The third-order valence-electron chi connectivity index (χ3n) is 2.47. The van der Waals surface area contributed by atoms with Gasteiger partial charge in [-0.1, -0.05) is 19.1 Å². The van der Waals surface area contributed by atoms with E-state index in [0.717, 1.165) is 15.9 Å². The van der Waals surface area contributed by atoms with E-state index < -0.39 is 0 Å². The molecule has 90 valence electrons. The molecule has 1 unspecified atom stereocenters. The first-order valence-corrected chi connectivity index (χ1v) is 7.05. The Bertz CT molecular complexity index is 498. The second-order valence-corrected chi connectivity index (χ2v) is 6.18. The molecule has 0 fully saturated rings. The molecule has 2 aromatic rings. The van der Waals surface area contributed by atoms with Crippen molar-refractivity contribution >= 4 is 27.3 Å². The van der Waals surface area contributed by atoms with Crippen molar-refractivity contribution in [1.29, 1.82) is 0 Å². The van der Waals surface area contributed by atoms with Gasteiger partial charge in [-0.25, -0.2) is 4.39 Å². The first-order chi connectivity index (χ1) is 8.20. The van der Waals surface area contributed by atoms with Gasteiger partial charge in [-0.2, -0.15) is 0 Å². The fourth-order valence-electron chi connectivity index (χ4n) is 1.76. The average molecular weight is 314 g/mol. The Morgan fingerprint density at radius 3 is 2.76 bits per heavy atom. The van der Waals surface area contributed by atoms with Crippen molar-refractivity contribution in [3.05, 3.63) is 56.4 Å². The molecule has 1 aromatic heterocycles. The summed E-state index contributed by atoms with van der Waals surface area (Å²) in [6, 6.07) is 10.9. The van der Waals surface area contributed by atoms with Gasteiger partial charge in [-0.05, 0) is 52.3 Å².